The average molecular weight is 403 g/mol. The van der Waals surface area contributed by atoms with E-state index in [0.29, 0.717) is 25.7 Å². The molecule has 2 atom stereocenters. The first-order chi connectivity index (χ1) is 11.4. The smallest absolute Gasteiger partial charge is 0.748 e. The molecule has 4 nitrogen and oxygen atoms in total. The molecule has 0 amide bonds. The van der Waals surface area contributed by atoms with Gasteiger partial charge in [0.25, 0.3) is 0 Å². The van der Waals surface area contributed by atoms with Crippen molar-refractivity contribution in [3.05, 3.63) is 0 Å². The third kappa shape index (κ3) is 18.6. The summed E-state index contributed by atoms with van der Waals surface area (Å²) in [6, 6.07) is 0. The Morgan fingerprint density at radius 2 is 1.08 bits per heavy atom. The molecule has 0 rings (SSSR count). The number of aliphatic hydroxyl groups is 1. The first-order valence-corrected chi connectivity index (χ1v) is 11.5. The molecule has 0 fully saturated rings. The van der Waals surface area contributed by atoms with E-state index in [9.17, 15) is 18.1 Å². The Morgan fingerprint density at radius 3 is 1.56 bits per heavy atom. The second-order valence-corrected chi connectivity index (χ2v) is 8.76. The van der Waals surface area contributed by atoms with Gasteiger partial charge < -0.3 is 9.66 Å². The molecular formula is C19H39KO4S. The van der Waals surface area contributed by atoms with E-state index in [1.54, 1.807) is 0 Å². The van der Waals surface area contributed by atoms with Gasteiger partial charge >= 0.3 is 51.4 Å². The van der Waals surface area contributed by atoms with Gasteiger partial charge in [-0.25, -0.2) is 8.42 Å². The largest absolute Gasteiger partial charge is 1.00 e. The van der Waals surface area contributed by atoms with Crippen LogP contribution in [-0.2, 0) is 10.1 Å². The van der Waals surface area contributed by atoms with E-state index in [4.69, 9.17) is 0 Å². The molecule has 0 aliphatic rings. The van der Waals surface area contributed by atoms with Gasteiger partial charge in [0.15, 0.2) is 0 Å². The zero-order valence-corrected chi connectivity index (χ0v) is 20.8. The quantitative estimate of drug-likeness (QED) is 0.230. The van der Waals surface area contributed by atoms with Crippen molar-refractivity contribution < 1.29 is 69.5 Å². The van der Waals surface area contributed by atoms with Gasteiger partial charge in [0, 0.05) is 5.25 Å². The van der Waals surface area contributed by atoms with Crippen LogP contribution in [0.3, 0.4) is 0 Å². The molecule has 6 heteroatoms. The second kappa shape index (κ2) is 18.9. The summed E-state index contributed by atoms with van der Waals surface area (Å²) in [7, 11) is -4.19. The van der Waals surface area contributed by atoms with E-state index < -0.39 is 15.4 Å². The van der Waals surface area contributed by atoms with Crippen molar-refractivity contribution in [3.8, 4) is 0 Å². The molecule has 0 heterocycles. The van der Waals surface area contributed by atoms with Gasteiger partial charge in [-0.05, 0) is 25.7 Å². The Hall–Kier alpha value is 1.51. The number of aliphatic hydroxyl groups excluding tert-OH is 1. The Bertz CT molecular complexity index is 374. The van der Waals surface area contributed by atoms with Crippen molar-refractivity contribution in [1.82, 2.24) is 0 Å². The molecular weight excluding hydrogens is 363 g/mol. The first kappa shape index (κ1) is 28.7. The van der Waals surface area contributed by atoms with Crippen LogP contribution < -0.4 is 51.4 Å². The van der Waals surface area contributed by atoms with Crippen LogP contribution in [0.5, 0.6) is 0 Å². The van der Waals surface area contributed by atoms with Crippen LogP contribution >= 0.6 is 0 Å². The molecule has 0 aliphatic heterocycles. The normalized spacial score (nSPS) is 14.1. The Balaban J connectivity index is 0. The third-order valence-electron chi connectivity index (χ3n) is 4.74. The molecule has 0 aliphatic carbocycles. The van der Waals surface area contributed by atoms with Crippen molar-refractivity contribution in [2.75, 3.05) is 0 Å². The average Bonchev–Trinajstić information content (AvgIpc) is 2.52. The van der Waals surface area contributed by atoms with Gasteiger partial charge in [-0.2, -0.15) is 0 Å². The van der Waals surface area contributed by atoms with Gasteiger partial charge in [0.2, 0.25) is 0 Å². The van der Waals surface area contributed by atoms with Crippen molar-refractivity contribution in [1.29, 1.82) is 0 Å². The summed E-state index contributed by atoms with van der Waals surface area (Å²) in [6.45, 7) is 4.31. The van der Waals surface area contributed by atoms with Crippen molar-refractivity contribution in [3.63, 3.8) is 0 Å². The van der Waals surface area contributed by atoms with E-state index in [2.05, 4.69) is 13.8 Å². The van der Waals surface area contributed by atoms with Gasteiger partial charge in [0.05, 0.1) is 16.2 Å². The van der Waals surface area contributed by atoms with Crippen molar-refractivity contribution in [2.24, 2.45) is 0 Å². The molecule has 0 saturated carbocycles. The maximum absolute atomic E-state index is 11.4. The number of unbranched alkanes of at least 4 members (excludes halogenated alkanes) is 8. The van der Waals surface area contributed by atoms with E-state index >= 15 is 0 Å². The summed E-state index contributed by atoms with van der Waals surface area (Å²) in [6.07, 6.45) is 13.7. The van der Waals surface area contributed by atoms with E-state index in [1.807, 2.05) is 0 Å². The fourth-order valence-corrected chi connectivity index (χ4v) is 4.02. The van der Waals surface area contributed by atoms with Crippen LogP contribution in [-0.4, -0.2) is 29.4 Å². The zero-order valence-electron chi connectivity index (χ0n) is 16.8. The molecule has 0 spiro atoms. The summed E-state index contributed by atoms with van der Waals surface area (Å²) in [4.78, 5) is 0. The van der Waals surface area contributed by atoms with Crippen LogP contribution in [0.1, 0.15) is 110 Å². The molecule has 0 aromatic rings. The summed E-state index contributed by atoms with van der Waals surface area (Å²) in [5.74, 6) is 0. The molecule has 0 aromatic heterocycles. The molecule has 146 valence electrons. The summed E-state index contributed by atoms with van der Waals surface area (Å²) in [5.41, 5.74) is 0. The van der Waals surface area contributed by atoms with Crippen LogP contribution in [0.2, 0.25) is 0 Å². The number of hydrogen-bond acceptors (Lipinski definition) is 4. The Morgan fingerprint density at radius 1 is 0.720 bits per heavy atom. The predicted octanol–water partition coefficient (Wildman–Crippen LogP) is 2.16. The van der Waals surface area contributed by atoms with Gasteiger partial charge in [-0.15, -0.1) is 0 Å². The zero-order chi connectivity index (χ0) is 18.3. The molecule has 0 radical (unpaired) electrons. The van der Waals surface area contributed by atoms with Crippen LogP contribution in [0.15, 0.2) is 0 Å². The standard InChI is InChI=1S/C19H40O4S.K/c1-3-5-7-9-11-16-19(24(21,22)23)17-13-12-15-18(20)14-10-8-6-4-2;/h18-20H,3-17H2,1-2H3,(H,21,22,23);/q;+1/p-1. The summed E-state index contributed by atoms with van der Waals surface area (Å²) >= 11 is 0. The molecule has 0 saturated heterocycles. The Kier molecular flexibility index (Phi) is 21.7. The topological polar surface area (TPSA) is 77.4 Å². The minimum atomic E-state index is -4.19. The SMILES string of the molecule is CCCCCCCC(CCCCC(O)CCCCCC)S(=O)(=O)[O-].[K+]. The number of rotatable bonds is 17. The molecule has 1 N–H and O–H groups in total. The predicted molar refractivity (Wildman–Crippen MR) is 100 cm³/mol. The molecule has 25 heavy (non-hydrogen) atoms. The minimum absolute atomic E-state index is 0. The first-order valence-electron chi connectivity index (χ1n) is 10.0. The van der Waals surface area contributed by atoms with Crippen LogP contribution in [0.4, 0.5) is 0 Å². The molecule has 0 bridgehead atoms. The van der Waals surface area contributed by atoms with Gasteiger partial charge in [-0.1, -0.05) is 84.5 Å². The van der Waals surface area contributed by atoms with Crippen LogP contribution in [0.25, 0.3) is 0 Å². The maximum Gasteiger partial charge on any atom is 1.00 e. The van der Waals surface area contributed by atoms with Gasteiger partial charge in [-0.3, -0.25) is 0 Å². The summed E-state index contributed by atoms with van der Waals surface area (Å²) < 4.78 is 34.1. The Labute approximate surface area is 199 Å². The molecule has 0 aromatic carbocycles. The van der Waals surface area contributed by atoms with E-state index in [-0.39, 0.29) is 57.5 Å². The van der Waals surface area contributed by atoms with E-state index in [1.165, 1.54) is 25.7 Å². The van der Waals surface area contributed by atoms with Crippen LogP contribution in [0, 0.1) is 0 Å². The third-order valence-corrected chi connectivity index (χ3v) is 6.03. The summed E-state index contributed by atoms with van der Waals surface area (Å²) in [5, 5.41) is 9.18. The monoisotopic (exact) mass is 402 g/mol. The fraction of sp³-hybridized carbons (Fsp3) is 1.00. The van der Waals surface area contributed by atoms with Gasteiger partial charge in [0.1, 0.15) is 0 Å². The second-order valence-electron chi connectivity index (χ2n) is 7.11. The molecule has 2 unspecified atom stereocenters. The van der Waals surface area contributed by atoms with Crippen molar-refractivity contribution in [2.45, 2.75) is 122 Å². The van der Waals surface area contributed by atoms with Crippen molar-refractivity contribution >= 4 is 10.1 Å². The number of hydrogen-bond donors (Lipinski definition) is 1. The maximum atomic E-state index is 11.4. The van der Waals surface area contributed by atoms with E-state index in [0.717, 1.165) is 44.9 Å². The minimum Gasteiger partial charge on any atom is -0.748 e. The fourth-order valence-electron chi connectivity index (χ4n) is 3.11.